The zero-order valence-electron chi connectivity index (χ0n) is 9.36. The Morgan fingerprint density at radius 3 is 2.33 bits per heavy atom. The molecule has 1 aromatic carbocycles. The molecule has 0 bridgehead atoms. The summed E-state index contributed by atoms with van der Waals surface area (Å²) in [5, 5.41) is 1.42. The van der Waals surface area contributed by atoms with Crippen molar-refractivity contribution in [2.24, 2.45) is 0 Å². The van der Waals surface area contributed by atoms with Gasteiger partial charge in [0, 0.05) is 6.16 Å². The lowest BCUT2D eigenvalue weighted by molar-refractivity contribution is 1.03. The van der Waals surface area contributed by atoms with Gasteiger partial charge in [0.25, 0.3) is 0 Å². The van der Waals surface area contributed by atoms with Gasteiger partial charge in [0.1, 0.15) is 0 Å². The molecule has 0 nitrogen and oxygen atoms in total. The van der Waals surface area contributed by atoms with E-state index in [2.05, 4.69) is 44.2 Å². The van der Waals surface area contributed by atoms with Crippen LogP contribution in [-0.4, -0.2) is 12.3 Å². The first-order chi connectivity index (χ1) is 7.12. The quantitative estimate of drug-likeness (QED) is 0.531. The van der Waals surface area contributed by atoms with E-state index in [-0.39, 0.29) is 0 Å². The van der Waals surface area contributed by atoms with Crippen LogP contribution in [-0.2, 0) is 11.8 Å². The summed E-state index contributed by atoms with van der Waals surface area (Å²) < 4.78 is 0. The lowest BCUT2D eigenvalue weighted by atomic mass is 10.1. The van der Waals surface area contributed by atoms with Crippen LogP contribution in [0.15, 0.2) is 41.5 Å². The van der Waals surface area contributed by atoms with Gasteiger partial charge in [-0.15, -0.1) is 0 Å². The highest BCUT2D eigenvalue weighted by molar-refractivity contribution is 8.18. The molecular formula is C13H17PS. The van der Waals surface area contributed by atoms with Gasteiger partial charge in [-0.2, -0.15) is 0 Å². The Labute approximate surface area is 97.4 Å². The van der Waals surface area contributed by atoms with Crippen molar-refractivity contribution in [3.63, 3.8) is 0 Å². The summed E-state index contributed by atoms with van der Waals surface area (Å²) in [6, 6.07) is 9.45. The van der Waals surface area contributed by atoms with Crippen LogP contribution in [0.5, 0.6) is 0 Å². The fourth-order valence-electron chi connectivity index (χ4n) is 2.08. The molecule has 0 radical (unpaired) electrons. The van der Waals surface area contributed by atoms with Crippen LogP contribution in [0.3, 0.4) is 0 Å². The minimum Gasteiger partial charge on any atom is -0.0922 e. The predicted octanol–water partition coefficient (Wildman–Crippen LogP) is 3.53. The Bertz CT molecular complexity index is 431. The van der Waals surface area contributed by atoms with E-state index in [1.165, 1.54) is 23.5 Å². The first kappa shape index (κ1) is 11.1. The third kappa shape index (κ3) is 2.24. The van der Waals surface area contributed by atoms with Gasteiger partial charge < -0.3 is 0 Å². The standard InChI is InChI=1S/C13H17PS/c1-11-8-9-14(15,10-12(11)2)13-6-4-3-5-7-13/h3-7H,8-10H2,1-2H3. The number of benzene rings is 1. The fraction of sp³-hybridized carbons (Fsp3) is 0.385. The molecule has 1 atom stereocenters. The van der Waals surface area contributed by atoms with E-state index in [1.54, 1.807) is 5.57 Å². The van der Waals surface area contributed by atoms with Gasteiger partial charge in [-0.25, -0.2) is 0 Å². The largest absolute Gasteiger partial charge is 0.0922 e. The van der Waals surface area contributed by atoms with Gasteiger partial charge in [-0.05, 0) is 37.8 Å². The van der Waals surface area contributed by atoms with Crippen molar-refractivity contribution in [1.29, 1.82) is 0 Å². The summed E-state index contributed by atoms with van der Waals surface area (Å²) in [4.78, 5) is 0. The Kier molecular flexibility index (Phi) is 3.13. The van der Waals surface area contributed by atoms with Gasteiger partial charge in [0.05, 0.1) is 0 Å². The molecule has 1 aromatic rings. The molecule has 1 heterocycles. The van der Waals surface area contributed by atoms with Crippen molar-refractivity contribution in [1.82, 2.24) is 0 Å². The molecule has 2 heteroatoms. The highest BCUT2D eigenvalue weighted by atomic mass is 32.4. The third-order valence-corrected chi connectivity index (χ3v) is 8.03. The van der Waals surface area contributed by atoms with Crippen molar-refractivity contribution in [2.75, 3.05) is 12.3 Å². The van der Waals surface area contributed by atoms with Gasteiger partial charge in [0.2, 0.25) is 0 Å². The fourth-order valence-corrected chi connectivity index (χ4v) is 6.35. The summed E-state index contributed by atoms with van der Waals surface area (Å²) in [7, 11) is 0. The molecule has 0 saturated heterocycles. The van der Waals surface area contributed by atoms with Crippen LogP contribution in [0.25, 0.3) is 0 Å². The van der Waals surface area contributed by atoms with Crippen molar-refractivity contribution < 1.29 is 0 Å². The molecular weight excluding hydrogens is 219 g/mol. The SMILES string of the molecule is CC1=C(C)CP(=S)(c2ccccc2)CC1. The van der Waals surface area contributed by atoms with Crippen molar-refractivity contribution in [3.8, 4) is 0 Å². The van der Waals surface area contributed by atoms with Crippen LogP contribution in [0.4, 0.5) is 0 Å². The number of hydrogen-bond acceptors (Lipinski definition) is 1. The van der Waals surface area contributed by atoms with E-state index in [0.717, 1.165) is 6.16 Å². The van der Waals surface area contributed by atoms with Crippen molar-refractivity contribution in [3.05, 3.63) is 41.5 Å². The zero-order valence-corrected chi connectivity index (χ0v) is 11.1. The monoisotopic (exact) mass is 236 g/mol. The van der Waals surface area contributed by atoms with Gasteiger partial charge in [0.15, 0.2) is 0 Å². The van der Waals surface area contributed by atoms with Gasteiger partial charge in [-0.1, -0.05) is 53.3 Å². The molecule has 2 rings (SSSR count). The maximum absolute atomic E-state index is 5.93. The lowest BCUT2D eigenvalue weighted by Crippen LogP contribution is -2.15. The number of hydrogen-bond donors (Lipinski definition) is 0. The van der Waals surface area contributed by atoms with E-state index in [0.29, 0.717) is 0 Å². The maximum atomic E-state index is 5.93. The minimum absolute atomic E-state index is 1.15. The second-order valence-electron chi connectivity index (χ2n) is 4.42. The molecule has 80 valence electrons. The van der Waals surface area contributed by atoms with Gasteiger partial charge >= 0.3 is 0 Å². The average molecular weight is 236 g/mol. The molecule has 0 N–H and O–H groups in total. The van der Waals surface area contributed by atoms with Crippen LogP contribution in [0.2, 0.25) is 0 Å². The van der Waals surface area contributed by atoms with Crippen molar-refractivity contribution >= 4 is 23.1 Å². The second kappa shape index (κ2) is 4.23. The molecule has 0 saturated carbocycles. The Hall–Kier alpha value is -0.390. The predicted molar refractivity (Wildman–Crippen MR) is 73.1 cm³/mol. The van der Waals surface area contributed by atoms with E-state index in [1.807, 2.05) is 0 Å². The summed E-state index contributed by atoms with van der Waals surface area (Å²) in [6.07, 6.45) is 3.58. The Balaban J connectivity index is 2.35. The Morgan fingerprint density at radius 1 is 1.07 bits per heavy atom. The van der Waals surface area contributed by atoms with Crippen LogP contribution < -0.4 is 5.30 Å². The average Bonchev–Trinajstić information content (AvgIpc) is 2.26. The normalized spacial score (nSPS) is 26.8. The molecule has 1 unspecified atom stereocenters. The molecule has 0 spiro atoms. The van der Waals surface area contributed by atoms with Crippen LogP contribution in [0, 0.1) is 0 Å². The first-order valence-electron chi connectivity index (χ1n) is 5.41. The number of rotatable bonds is 1. The molecule has 0 amide bonds. The smallest absolute Gasteiger partial charge is 0.00141 e. The molecule has 1 aliphatic rings. The lowest BCUT2D eigenvalue weighted by Gasteiger charge is -2.28. The maximum Gasteiger partial charge on any atom is 0.00141 e. The molecule has 0 aromatic heterocycles. The molecule has 15 heavy (non-hydrogen) atoms. The molecule has 0 fully saturated rings. The summed E-state index contributed by atoms with van der Waals surface area (Å²) in [6.45, 7) is 4.50. The van der Waals surface area contributed by atoms with Crippen molar-refractivity contribution in [2.45, 2.75) is 20.3 Å². The minimum atomic E-state index is -1.28. The first-order valence-corrected chi connectivity index (χ1v) is 8.58. The summed E-state index contributed by atoms with van der Waals surface area (Å²) >= 11 is 5.93. The zero-order chi connectivity index (χ0) is 10.9. The topological polar surface area (TPSA) is 0 Å². The van der Waals surface area contributed by atoms with Crippen LogP contribution >= 0.6 is 6.04 Å². The van der Waals surface area contributed by atoms with E-state index in [4.69, 9.17) is 11.8 Å². The molecule has 0 aliphatic carbocycles. The number of allylic oxidation sites excluding steroid dienone is 2. The summed E-state index contributed by atoms with van der Waals surface area (Å²) in [5.74, 6) is 0. The van der Waals surface area contributed by atoms with Crippen LogP contribution in [0.1, 0.15) is 20.3 Å². The Morgan fingerprint density at radius 2 is 1.73 bits per heavy atom. The molecule has 1 aliphatic heterocycles. The highest BCUT2D eigenvalue weighted by Crippen LogP contribution is 2.50. The second-order valence-corrected chi connectivity index (χ2v) is 9.57. The van der Waals surface area contributed by atoms with E-state index < -0.39 is 6.04 Å². The summed E-state index contributed by atoms with van der Waals surface area (Å²) in [5.41, 5.74) is 3.10. The van der Waals surface area contributed by atoms with Gasteiger partial charge in [-0.3, -0.25) is 0 Å². The van der Waals surface area contributed by atoms with E-state index in [9.17, 15) is 0 Å². The third-order valence-electron chi connectivity index (χ3n) is 3.30. The van der Waals surface area contributed by atoms with E-state index >= 15 is 0 Å². The highest BCUT2D eigenvalue weighted by Gasteiger charge is 2.24.